The van der Waals surface area contributed by atoms with Crippen LogP contribution in [0, 0.1) is 0 Å². The number of carbonyl (C=O) groups excluding carboxylic acids is 3. The van der Waals surface area contributed by atoms with Gasteiger partial charge in [0.25, 0.3) is 5.91 Å². The summed E-state index contributed by atoms with van der Waals surface area (Å²) in [5.41, 5.74) is 0.775. The SMILES string of the molecule is COc1ccccc1NC(=O)N1CCC2(CC1)C(=O)N(CC(=O)NC1CC1)CN2c1ccccc1. The van der Waals surface area contributed by atoms with Crippen molar-refractivity contribution in [3.05, 3.63) is 54.6 Å². The Morgan fingerprint density at radius 3 is 2.40 bits per heavy atom. The van der Waals surface area contributed by atoms with Crippen molar-refractivity contribution >= 4 is 29.2 Å². The summed E-state index contributed by atoms with van der Waals surface area (Å²) in [6.07, 6.45) is 2.99. The van der Waals surface area contributed by atoms with Crippen LogP contribution in [-0.2, 0) is 9.59 Å². The van der Waals surface area contributed by atoms with Crippen molar-refractivity contribution < 1.29 is 19.1 Å². The lowest BCUT2D eigenvalue weighted by Crippen LogP contribution is -2.58. The lowest BCUT2D eigenvalue weighted by molar-refractivity contribution is -0.137. The third-order valence-corrected chi connectivity index (χ3v) is 7.09. The summed E-state index contributed by atoms with van der Waals surface area (Å²) >= 11 is 0. The number of likely N-dealkylation sites (tertiary alicyclic amines) is 1. The van der Waals surface area contributed by atoms with Gasteiger partial charge in [-0.3, -0.25) is 9.59 Å². The molecule has 184 valence electrons. The molecule has 0 radical (unpaired) electrons. The molecule has 1 saturated carbocycles. The number of nitrogens with zero attached hydrogens (tertiary/aromatic N) is 3. The Morgan fingerprint density at radius 1 is 1.03 bits per heavy atom. The smallest absolute Gasteiger partial charge is 0.321 e. The molecule has 2 saturated heterocycles. The Bertz CT molecular complexity index is 1100. The molecule has 0 aromatic heterocycles. The van der Waals surface area contributed by atoms with Crippen LogP contribution in [0.4, 0.5) is 16.2 Å². The van der Waals surface area contributed by atoms with Crippen molar-refractivity contribution in [1.82, 2.24) is 15.1 Å². The Kier molecular flexibility index (Phi) is 6.23. The number of piperidine rings is 1. The number of methoxy groups -OCH3 is 1. The standard InChI is InChI=1S/C26H31N5O4/c1-35-22-10-6-5-9-21(22)28-25(34)29-15-13-26(14-16-29)24(33)30(17-23(32)27-19-11-12-19)18-31(26)20-7-3-2-4-8-20/h2-10,19H,11-18H2,1H3,(H,27,32)(H,28,34). The summed E-state index contributed by atoms with van der Waals surface area (Å²) in [5.74, 6) is 0.437. The molecule has 1 aliphatic carbocycles. The summed E-state index contributed by atoms with van der Waals surface area (Å²) in [4.78, 5) is 44.7. The van der Waals surface area contributed by atoms with Gasteiger partial charge in [0, 0.05) is 24.8 Å². The fourth-order valence-corrected chi connectivity index (χ4v) is 5.02. The second-order valence-electron chi connectivity index (χ2n) is 9.40. The lowest BCUT2D eigenvalue weighted by Gasteiger charge is -2.43. The topological polar surface area (TPSA) is 94.2 Å². The van der Waals surface area contributed by atoms with E-state index in [9.17, 15) is 14.4 Å². The molecule has 35 heavy (non-hydrogen) atoms. The van der Waals surface area contributed by atoms with Crippen molar-refractivity contribution in [1.29, 1.82) is 0 Å². The maximum Gasteiger partial charge on any atom is 0.321 e. The van der Waals surface area contributed by atoms with Crippen molar-refractivity contribution in [3.8, 4) is 5.75 Å². The molecule has 2 aliphatic heterocycles. The molecule has 4 amide bonds. The highest BCUT2D eigenvalue weighted by molar-refractivity contribution is 5.97. The molecule has 1 spiro atoms. The Hall–Kier alpha value is -3.75. The van der Waals surface area contributed by atoms with Crippen LogP contribution < -0.4 is 20.3 Å². The molecular formula is C26H31N5O4. The average Bonchev–Trinajstić information content (AvgIpc) is 3.66. The zero-order valence-electron chi connectivity index (χ0n) is 19.9. The van der Waals surface area contributed by atoms with E-state index in [1.165, 1.54) is 0 Å². The number of benzene rings is 2. The maximum absolute atomic E-state index is 13.7. The summed E-state index contributed by atoms with van der Waals surface area (Å²) in [7, 11) is 1.57. The number of hydrogen-bond donors (Lipinski definition) is 2. The van der Waals surface area contributed by atoms with Crippen molar-refractivity contribution in [2.75, 3.05) is 43.6 Å². The number of hydrogen-bond acceptors (Lipinski definition) is 5. The fraction of sp³-hybridized carbons (Fsp3) is 0.423. The molecule has 2 aromatic carbocycles. The molecule has 0 atom stereocenters. The van der Waals surface area contributed by atoms with E-state index in [1.807, 2.05) is 42.5 Å². The predicted molar refractivity (Wildman–Crippen MR) is 132 cm³/mol. The second kappa shape index (κ2) is 9.48. The number of para-hydroxylation sites is 3. The van der Waals surface area contributed by atoms with Gasteiger partial charge < -0.3 is 30.1 Å². The van der Waals surface area contributed by atoms with Gasteiger partial charge in [0.2, 0.25) is 5.91 Å². The Morgan fingerprint density at radius 2 is 1.71 bits per heavy atom. The number of anilines is 2. The van der Waals surface area contributed by atoms with Crippen molar-refractivity contribution in [2.24, 2.45) is 0 Å². The largest absolute Gasteiger partial charge is 0.495 e. The molecule has 0 bridgehead atoms. The van der Waals surface area contributed by atoms with E-state index in [0.29, 0.717) is 44.0 Å². The van der Waals surface area contributed by atoms with Crippen LogP contribution in [0.2, 0.25) is 0 Å². The van der Waals surface area contributed by atoms with Gasteiger partial charge in [0.1, 0.15) is 17.8 Å². The van der Waals surface area contributed by atoms with Gasteiger partial charge in [-0.2, -0.15) is 0 Å². The van der Waals surface area contributed by atoms with Crippen LogP contribution in [0.15, 0.2) is 54.6 Å². The Labute approximate surface area is 205 Å². The molecule has 3 fully saturated rings. The minimum atomic E-state index is -0.775. The number of amides is 4. The minimum absolute atomic E-state index is 0.0444. The summed E-state index contributed by atoms with van der Waals surface area (Å²) < 4.78 is 5.34. The summed E-state index contributed by atoms with van der Waals surface area (Å²) in [6, 6.07) is 17.1. The molecule has 2 aromatic rings. The van der Waals surface area contributed by atoms with Crippen LogP contribution in [0.1, 0.15) is 25.7 Å². The van der Waals surface area contributed by atoms with E-state index in [1.54, 1.807) is 29.0 Å². The number of nitrogens with one attached hydrogen (secondary N) is 2. The van der Waals surface area contributed by atoms with Gasteiger partial charge in [0.15, 0.2) is 0 Å². The van der Waals surface area contributed by atoms with Gasteiger partial charge in [-0.1, -0.05) is 30.3 Å². The first-order valence-electron chi connectivity index (χ1n) is 12.1. The monoisotopic (exact) mass is 477 g/mol. The maximum atomic E-state index is 13.7. The fourth-order valence-electron chi connectivity index (χ4n) is 5.02. The highest BCUT2D eigenvalue weighted by Crippen LogP contribution is 2.39. The van der Waals surface area contributed by atoms with E-state index in [4.69, 9.17) is 4.74 Å². The zero-order valence-corrected chi connectivity index (χ0v) is 19.9. The van der Waals surface area contributed by atoms with Gasteiger partial charge in [0.05, 0.1) is 19.5 Å². The van der Waals surface area contributed by atoms with Crippen LogP contribution in [0.25, 0.3) is 0 Å². The number of carbonyl (C=O) groups is 3. The van der Waals surface area contributed by atoms with Gasteiger partial charge in [-0.15, -0.1) is 0 Å². The van der Waals surface area contributed by atoms with E-state index in [0.717, 1.165) is 18.5 Å². The Balaban J connectivity index is 1.31. The predicted octanol–water partition coefficient (Wildman–Crippen LogP) is 2.65. The van der Waals surface area contributed by atoms with Crippen LogP contribution in [-0.4, -0.2) is 72.6 Å². The number of urea groups is 1. The normalized spacial score (nSPS) is 19.1. The van der Waals surface area contributed by atoms with Gasteiger partial charge in [-0.05, 0) is 49.9 Å². The quantitative estimate of drug-likeness (QED) is 0.667. The molecule has 9 nitrogen and oxygen atoms in total. The van der Waals surface area contributed by atoms with E-state index < -0.39 is 5.54 Å². The number of ether oxygens (including phenoxy) is 1. The van der Waals surface area contributed by atoms with Gasteiger partial charge in [-0.25, -0.2) is 4.79 Å². The zero-order chi connectivity index (χ0) is 24.4. The van der Waals surface area contributed by atoms with Crippen LogP contribution >= 0.6 is 0 Å². The highest BCUT2D eigenvalue weighted by atomic mass is 16.5. The molecule has 5 rings (SSSR count). The van der Waals surface area contributed by atoms with Crippen molar-refractivity contribution in [3.63, 3.8) is 0 Å². The molecular weight excluding hydrogens is 446 g/mol. The average molecular weight is 478 g/mol. The van der Waals surface area contributed by atoms with E-state index in [2.05, 4.69) is 15.5 Å². The molecule has 2 heterocycles. The van der Waals surface area contributed by atoms with E-state index in [-0.39, 0.29) is 30.4 Å². The molecule has 2 N–H and O–H groups in total. The number of rotatable bonds is 6. The van der Waals surface area contributed by atoms with Gasteiger partial charge >= 0.3 is 6.03 Å². The highest BCUT2D eigenvalue weighted by Gasteiger charge is 2.54. The second-order valence-corrected chi connectivity index (χ2v) is 9.40. The third kappa shape index (κ3) is 4.62. The lowest BCUT2D eigenvalue weighted by atomic mass is 9.85. The molecule has 9 heteroatoms. The van der Waals surface area contributed by atoms with Crippen LogP contribution in [0.3, 0.4) is 0 Å². The van der Waals surface area contributed by atoms with E-state index >= 15 is 0 Å². The van der Waals surface area contributed by atoms with Crippen LogP contribution in [0.5, 0.6) is 5.75 Å². The van der Waals surface area contributed by atoms with Crippen molar-refractivity contribution in [2.45, 2.75) is 37.3 Å². The summed E-state index contributed by atoms with van der Waals surface area (Å²) in [6.45, 7) is 1.27. The first-order chi connectivity index (χ1) is 17.0. The minimum Gasteiger partial charge on any atom is -0.495 e. The molecule has 3 aliphatic rings. The summed E-state index contributed by atoms with van der Waals surface area (Å²) in [5, 5.41) is 5.90. The first kappa shape index (κ1) is 23.0. The molecule has 0 unspecified atom stereocenters. The third-order valence-electron chi connectivity index (χ3n) is 7.09. The first-order valence-corrected chi connectivity index (χ1v) is 12.1.